The fourth-order valence-corrected chi connectivity index (χ4v) is 4.94. The fourth-order valence-electron chi connectivity index (χ4n) is 4.11. The molecule has 0 aliphatic carbocycles. The van der Waals surface area contributed by atoms with Crippen molar-refractivity contribution in [2.45, 2.75) is 39.2 Å². The summed E-state index contributed by atoms with van der Waals surface area (Å²) in [7, 11) is 0. The third kappa shape index (κ3) is 3.17. The standard InChI is InChI=1S/C25H21ClN2O3S/c1-13-11-18-16(12-17(13)26)21(29)19-20(14-5-7-15(8-6-14)25(2,3)4)28(23(30)22(19)31-18)24-27-9-10-32-24/h5-12,20H,1-4H3. The topological polar surface area (TPSA) is 63.4 Å². The summed E-state index contributed by atoms with van der Waals surface area (Å²) < 4.78 is 6.02. The summed E-state index contributed by atoms with van der Waals surface area (Å²) in [6, 6.07) is 10.7. The highest BCUT2D eigenvalue weighted by atomic mass is 35.5. The first kappa shape index (κ1) is 20.9. The van der Waals surface area contributed by atoms with E-state index in [1.807, 2.05) is 31.2 Å². The molecular weight excluding hydrogens is 444 g/mol. The Morgan fingerprint density at radius 3 is 2.47 bits per heavy atom. The van der Waals surface area contributed by atoms with E-state index < -0.39 is 6.04 Å². The van der Waals surface area contributed by atoms with Gasteiger partial charge in [0, 0.05) is 16.6 Å². The van der Waals surface area contributed by atoms with Gasteiger partial charge in [-0.25, -0.2) is 4.98 Å². The Hall–Kier alpha value is -2.96. The molecule has 1 atom stereocenters. The van der Waals surface area contributed by atoms with Gasteiger partial charge < -0.3 is 4.42 Å². The van der Waals surface area contributed by atoms with Crippen LogP contribution in [0, 0.1) is 6.92 Å². The number of benzene rings is 2. The molecule has 4 aromatic rings. The number of thiazole rings is 1. The molecule has 0 spiro atoms. The number of aromatic nitrogens is 1. The van der Waals surface area contributed by atoms with Crippen molar-refractivity contribution >= 4 is 44.9 Å². The summed E-state index contributed by atoms with van der Waals surface area (Å²) in [4.78, 5) is 33.0. The first-order chi connectivity index (χ1) is 15.2. The van der Waals surface area contributed by atoms with Crippen molar-refractivity contribution in [1.29, 1.82) is 0 Å². The molecular formula is C25H21ClN2O3S. The van der Waals surface area contributed by atoms with E-state index in [9.17, 15) is 9.59 Å². The minimum Gasteiger partial charge on any atom is -0.450 e. The maximum atomic E-state index is 13.6. The van der Waals surface area contributed by atoms with E-state index in [-0.39, 0.29) is 22.5 Å². The van der Waals surface area contributed by atoms with Crippen LogP contribution < -0.4 is 10.3 Å². The Labute approximate surface area is 194 Å². The SMILES string of the molecule is Cc1cc2oc3c(c(=O)c2cc1Cl)C(c1ccc(C(C)(C)C)cc1)N(c1nccs1)C3=O. The molecule has 1 unspecified atom stereocenters. The number of hydrogen-bond donors (Lipinski definition) is 0. The molecule has 0 N–H and O–H groups in total. The van der Waals surface area contributed by atoms with E-state index in [4.69, 9.17) is 16.0 Å². The summed E-state index contributed by atoms with van der Waals surface area (Å²) in [6.45, 7) is 8.26. The van der Waals surface area contributed by atoms with Gasteiger partial charge in [0.15, 0.2) is 10.6 Å². The lowest BCUT2D eigenvalue weighted by Gasteiger charge is -2.24. The van der Waals surface area contributed by atoms with Gasteiger partial charge in [-0.1, -0.05) is 56.6 Å². The van der Waals surface area contributed by atoms with Crippen molar-refractivity contribution in [2.75, 3.05) is 4.90 Å². The quantitative estimate of drug-likeness (QED) is 0.351. The average Bonchev–Trinajstić information content (AvgIpc) is 3.36. The number of fused-ring (bicyclic) bond motifs is 2. The number of nitrogens with zero attached hydrogens (tertiary/aromatic N) is 2. The van der Waals surface area contributed by atoms with E-state index in [0.29, 0.717) is 26.7 Å². The molecule has 1 aliphatic heterocycles. The van der Waals surface area contributed by atoms with E-state index in [1.165, 1.54) is 16.9 Å². The minimum absolute atomic E-state index is 0.0131. The zero-order chi connectivity index (χ0) is 22.8. The second-order valence-corrected chi connectivity index (χ2v) is 10.3. The lowest BCUT2D eigenvalue weighted by molar-refractivity contribution is 0.0971. The number of aryl methyl sites for hydroxylation is 1. The lowest BCUT2D eigenvalue weighted by atomic mass is 9.86. The number of carbonyl (C=O) groups is 1. The second kappa shape index (κ2) is 7.29. The van der Waals surface area contributed by atoms with Crippen LogP contribution >= 0.6 is 22.9 Å². The Morgan fingerprint density at radius 2 is 1.84 bits per heavy atom. The summed E-state index contributed by atoms with van der Waals surface area (Å²) in [5, 5.41) is 3.17. The van der Waals surface area contributed by atoms with Crippen LogP contribution in [0.15, 0.2) is 57.2 Å². The predicted molar refractivity (Wildman–Crippen MR) is 128 cm³/mol. The molecule has 0 saturated carbocycles. The van der Waals surface area contributed by atoms with Crippen molar-refractivity contribution in [2.24, 2.45) is 0 Å². The molecule has 0 bridgehead atoms. The van der Waals surface area contributed by atoms with Gasteiger partial charge in [-0.2, -0.15) is 0 Å². The van der Waals surface area contributed by atoms with E-state index >= 15 is 0 Å². The monoisotopic (exact) mass is 464 g/mol. The largest absolute Gasteiger partial charge is 0.450 e. The molecule has 2 aromatic carbocycles. The molecule has 162 valence electrons. The Morgan fingerprint density at radius 1 is 1.12 bits per heavy atom. The van der Waals surface area contributed by atoms with Crippen molar-refractivity contribution in [1.82, 2.24) is 4.98 Å². The van der Waals surface area contributed by atoms with Crippen LogP contribution in [0.1, 0.15) is 59.6 Å². The molecule has 32 heavy (non-hydrogen) atoms. The highest BCUT2D eigenvalue weighted by Crippen LogP contribution is 2.42. The molecule has 1 aliphatic rings. The van der Waals surface area contributed by atoms with Gasteiger partial charge >= 0.3 is 0 Å². The van der Waals surface area contributed by atoms with Crippen molar-refractivity contribution < 1.29 is 9.21 Å². The summed E-state index contributed by atoms with van der Waals surface area (Å²) in [5.74, 6) is -0.309. The van der Waals surface area contributed by atoms with Crippen LogP contribution in [0.3, 0.4) is 0 Å². The molecule has 7 heteroatoms. The number of hydrogen-bond acceptors (Lipinski definition) is 5. The van der Waals surface area contributed by atoms with Gasteiger partial charge in [0.2, 0.25) is 5.76 Å². The number of amides is 1. The fraction of sp³-hybridized carbons (Fsp3) is 0.240. The molecule has 5 rings (SSSR count). The van der Waals surface area contributed by atoms with Gasteiger partial charge in [0.05, 0.1) is 17.0 Å². The average molecular weight is 465 g/mol. The van der Waals surface area contributed by atoms with Crippen LogP contribution in [0.5, 0.6) is 0 Å². The lowest BCUT2D eigenvalue weighted by Crippen LogP contribution is -2.29. The van der Waals surface area contributed by atoms with Gasteiger partial charge in [-0.05, 0) is 41.2 Å². The van der Waals surface area contributed by atoms with Crippen LogP contribution in [0.2, 0.25) is 5.02 Å². The smallest absolute Gasteiger partial charge is 0.297 e. The van der Waals surface area contributed by atoms with Crippen LogP contribution in [-0.4, -0.2) is 10.9 Å². The number of rotatable bonds is 2. The van der Waals surface area contributed by atoms with E-state index in [0.717, 1.165) is 11.1 Å². The summed E-state index contributed by atoms with van der Waals surface area (Å²) >= 11 is 7.64. The maximum absolute atomic E-state index is 13.6. The predicted octanol–water partition coefficient (Wildman–Crippen LogP) is 6.26. The third-order valence-corrected chi connectivity index (χ3v) is 7.05. The maximum Gasteiger partial charge on any atom is 0.297 e. The Bertz CT molecular complexity index is 1420. The summed E-state index contributed by atoms with van der Waals surface area (Å²) in [6.07, 6.45) is 1.64. The molecule has 0 saturated heterocycles. The molecule has 5 nitrogen and oxygen atoms in total. The van der Waals surface area contributed by atoms with Gasteiger partial charge in [0.1, 0.15) is 5.58 Å². The van der Waals surface area contributed by atoms with Crippen molar-refractivity contribution in [3.8, 4) is 0 Å². The first-order valence-corrected chi connectivity index (χ1v) is 11.5. The van der Waals surface area contributed by atoms with Gasteiger partial charge in [-0.3, -0.25) is 14.5 Å². The second-order valence-electron chi connectivity index (χ2n) is 9.04. The molecule has 0 radical (unpaired) electrons. The highest BCUT2D eigenvalue weighted by Gasteiger charge is 2.44. The molecule has 2 aromatic heterocycles. The number of anilines is 1. The number of halogens is 1. The van der Waals surface area contributed by atoms with E-state index in [1.54, 1.807) is 28.6 Å². The van der Waals surface area contributed by atoms with Gasteiger partial charge in [0.25, 0.3) is 5.91 Å². The Balaban J connectivity index is 1.78. The Kier molecular flexibility index (Phi) is 4.76. The van der Waals surface area contributed by atoms with Crippen molar-refractivity contribution in [3.63, 3.8) is 0 Å². The van der Waals surface area contributed by atoms with Crippen molar-refractivity contribution in [3.05, 3.63) is 91.2 Å². The van der Waals surface area contributed by atoms with Gasteiger partial charge in [-0.15, -0.1) is 11.3 Å². The number of carbonyl (C=O) groups excluding carboxylic acids is 1. The first-order valence-electron chi connectivity index (χ1n) is 10.3. The van der Waals surface area contributed by atoms with Crippen LogP contribution in [-0.2, 0) is 5.41 Å². The minimum atomic E-state index is -0.626. The molecule has 1 amide bonds. The zero-order valence-corrected chi connectivity index (χ0v) is 19.7. The normalized spacial score (nSPS) is 16.1. The van der Waals surface area contributed by atoms with Crippen LogP contribution in [0.25, 0.3) is 11.0 Å². The van der Waals surface area contributed by atoms with E-state index in [2.05, 4.69) is 25.8 Å². The zero-order valence-electron chi connectivity index (χ0n) is 18.1. The molecule has 3 heterocycles. The third-order valence-electron chi connectivity index (χ3n) is 5.87. The highest BCUT2D eigenvalue weighted by molar-refractivity contribution is 7.13. The van der Waals surface area contributed by atoms with Crippen LogP contribution in [0.4, 0.5) is 5.13 Å². The molecule has 0 fully saturated rings. The summed E-state index contributed by atoms with van der Waals surface area (Å²) in [5.41, 5.74) is 3.18.